The van der Waals surface area contributed by atoms with Gasteiger partial charge in [-0.1, -0.05) is 29.8 Å². The van der Waals surface area contributed by atoms with Crippen molar-refractivity contribution in [1.29, 1.82) is 0 Å². The van der Waals surface area contributed by atoms with Crippen LogP contribution in [0.1, 0.15) is 6.92 Å². The molecule has 0 N–H and O–H groups in total. The second kappa shape index (κ2) is 7.20. The number of rotatable bonds is 4. The van der Waals surface area contributed by atoms with Crippen molar-refractivity contribution in [3.63, 3.8) is 0 Å². The van der Waals surface area contributed by atoms with Gasteiger partial charge in [0.15, 0.2) is 0 Å². The van der Waals surface area contributed by atoms with Crippen molar-refractivity contribution < 1.29 is 9.53 Å². The number of benzene rings is 3. The van der Waals surface area contributed by atoms with Crippen LogP contribution >= 0.6 is 11.6 Å². The topological polar surface area (TPSA) is 29.5 Å². The highest BCUT2D eigenvalue weighted by Gasteiger charge is 2.13. The van der Waals surface area contributed by atoms with Crippen LogP contribution in [0.2, 0.25) is 5.02 Å². The number of para-hydroxylation sites is 1. The third-order valence-electron chi connectivity index (χ3n) is 3.47. The molecule has 0 spiro atoms. The number of ether oxygens (including phenoxy) is 1. The van der Waals surface area contributed by atoms with E-state index < -0.39 is 0 Å². The van der Waals surface area contributed by atoms with Crippen molar-refractivity contribution in [2.24, 2.45) is 0 Å². The van der Waals surface area contributed by atoms with E-state index in [1.165, 1.54) is 0 Å². The molecule has 3 aromatic rings. The largest absolute Gasteiger partial charge is 0.457 e. The zero-order valence-electron chi connectivity index (χ0n) is 13.1. The molecule has 3 nitrogen and oxygen atoms in total. The number of amides is 1. The molecule has 3 aromatic carbocycles. The second-order valence-electron chi connectivity index (χ2n) is 5.24. The number of anilines is 2. The number of hydrogen-bond donors (Lipinski definition) is 0. The van der Waals surface area contributed by atoms with E-state index in [4.69, 9.17) is 16.3 Å². The molecule has 4 heteroatoms. The fraction of sp³-hybridized carbons (Fsp3) is 0.0500. The Bertz CT molecular complexity index is 815. The molecule has 0 bridgehead atoms. The first kappa shape index (κ1) is 16.1. The SMILES string of the molecule is CC(=O)N(c1ccccc1)c1ccc(Oc2ccc(Cl)cc2)cc1. The van der Waals surface area contributed by atoms with Crippen LogP contribution in [0.5, 0.6) is 11.5 Å². The normalized spacial score (nSPS) is 10.2. The van der Waals surface area contributed by atoms with Gasteiger partial charge in [-0.05, 0) is 60.7 Å². The Balaban J connectivity index is 1.82. The molecule has 1 amide bonds. The standard InChI is InChI=1S/C20H16ClNO2/c1-15(23)22(17-5-3-2-4-6-17)18-9-13-20(14-10-18)24-19-11-7-16(21)8-12-19/h2-14H,1H3. The lowest BCUT2D eigenvalue weighted by atomic mass is 10.2. The van der Waals surface area contributed by atoms with Gasteiger partial charge in [0.1, 0.15) is 11.5 Å². The van der Waals surface area contributed by atoms with Gasteiger partial charge < -0.3 is 4.74 Å². The molecule has 0 aliphatic carbocycles. The quantitative estimate of drug-likeness (QED) is 0.600. The van der Waals surface area contributed by atoms with Gasteiger partial charge in [-0.25, -0.2) is 0 Å². The van der Waals surface area contributed by atoms with E-state index in [9.17, 15) is 4.79 Å². The molecule has 0 saturated heterocycles. The summed E-state index contributed by atoms with van der Waals surface area (Å²) in [5, 5.41) is 0.664. The number of hydrogen-bond acceptors (Lipinski definition) is 2. The molecule has 0 atom stereocenters. The maximum absolute atomic E-state index is 12.0. The highest BCUT2D eigenvalue weighted by atomic mass is 35.5. The smallest absolute Gasteiger partial charge is 0.228 e. The molecule has 0 heterocycles. The zero-order valence-corrected chi connectivity index (χ0v) is 13.9. The number of carbonyl (C=O) groups excluding carboxylic acids is 1. The summed E-state index contributed by atoms with van der Waals surface area (Å²) >= 11 is 5.87. The van der Waals surface area contributed by atoms with Gasteiger partial charge in [-0.2, -0.15) is 0 Å². The Labute approximate surface area is 146 Å². The first-order valence-electron chi connectivity index (χ1n) is 7.53. The molecule has 0 aromatic heterocycles. The number of carbonyl (C=O) groups is 1. The summed E-state index contributed by atoms with van der Waals surface area (Å²) in [7, 11) is 0. The van der Waals surface area contributed by atoms with Crippen LogP contribution in [0, 0.1) is 0 Å². The fourth-order valence-electron chi connectivity index (χ4n) is 2.39. The fourth-order valence-corrected chi connectivity index (χ4v) is 2.52. The predicted molar refractivity (Wildman–Crippen MR) is 97.2 cm³/mol. The van der Waals surface area contributed by atoms with E-state index in [2.05, 4.69) is 0 Å². The van der Waals surface area contributed by atoms with Gasteiger partial charge in [-0.15, -0.1) is 0 Å². The van der Waals surface area contributed by atoms with Crippen LogP contribution in [0.4, 0.5) is 11.4 Å². The highest BCUT2D eigenvalue weighted by Crippen LogP contribution is 2.29. The monoisotopic (exact) mass is 337 g/mol. The molecule has 0 aliphatic rings. The minimum atomic E-state index is -0.0485. The Hall–Kier alpha value is -2.78. The number of nitrogens with zero attached hydrogens (tertiary/aromatic N) is 1. The van der Waals surface area contributed by atoms with Gasteiger partial charge in [0.2, 0.25) is 5.91 Å². The van der Waals surface area contributed by atoms with Crippen LogP contribution in [-0.4, -0.2) is 5.91 Å². The second-order valence-corrected chi connectivity index (χ2v) is 5.68. The molecule has 120 valence electrons. The van der Waals surface area contributed by atoms with E-state index in [1.807, 2.05) is 66.7 Å². The van der Waals surface area contributed by atoms with Gasteiger partial charge in [0.25, 0.3) is 0 Å². The zero-order chi connectivity index (χ0) is 16.9. The third-order valence-corrected chi connectivity index (χ3v) is 3.73. The Morgan fingerprint density at radius 1 is 0.792 bits per heavy atom. The van der Waals surface area contributed by atoms with Crippen LogP contribution in [0.25, 0.3) is 0 Å². The van der Waals surface area contributed by atoms with Gasteiger partial charge in [-0.3, -0.25) is 9.69 Å². The highest BCUT2D eigenvalue weighted by molar-refractivity contribution is 6.30. The molecule has 0 saturated carbocycles. The minimum absolute atomic E-state index is 0.0485. The maximum Gasteiger partial charge on any atom is 0.228 e. The van der Waals surface area contributed by atoms with E-state index in [0.717, 1.165) is 11.4 Å². The molecule has 0 radical (unpaired) electrons. The Kier molecular flexibility index (Phi) is 4.82. The lowest BCUT2D eigenvalue weighted by Gasteiger charge is -2.21. The lowest BCUT2D eigenvalue weighted by molar-refractivity contribution is -0.115. The van der Waals surface area contributed by atoms with Crippen molar-refractivity contribution in [2.75, 3.05) is 4.90 Å². The third kappa shape index (κ3) is 3.76. The van der Waals surface area contributed by atoms with E-state index in [-0.39, 0.29) is 5.91 Å². The molecular formula is C20H16ClNO2. The summed E-state index contributed by atoms with van der Waals surface area (Å²) in [6, 6.07) is 24.1. The summed E-state index contributed by atoms with van der Waals surface area (Å²) in [6.45, 7) is 1.55. The summed E-state index contributed by atoms with van der Waals surface area (Å²) in [5.74, 6) is 1.35. The van der Waals surface area contributed by atoms with E-state index >= 15 is 0 Å². The van der Waals surface area contributed by atoms with Crippen LogP contribution in [-0.2, 0) is 4.79 Å². The molecule has 0 aliphatic heterocycles. The maximum atomic E-state index is 12.0. The Morgan fingerprint density at radius 3 is 1.83 bits per heavy atom. The molecule has 3 rings (SSSR count). The van der Waals surface area contributed by atoms with Crippen molar-refractivity contribution in [3.05, 3.63) is 83.9 Å². The minimum Gasteiger partial charge on any atom is -0.457 e. The van der Waals surface area contributed by atoms with Crippen molar-refractivity contribution in [1.82, 2.24) is 0 Å². The summed E-state index contributed by atoms with van der Waals surface area (Å²) in [5.41, 5.74) is 1.62. The number of halogens is 1. The van der Waals surface area contributed by atoms with Crippen molar-refractivity contribution >= 4 is 28.9 Å². The summed E-state index contributed by atoms with van der Waals surface area (Å²) in [6.07, 6.45) is 0. The van der Waals surface area contributed by atoms with Crippen LogP contribution in [0.3, 0.4) is 0 Å². The first-order valence-corrected chi connectivity index (χ1v) is 7.90. The van der Waals surface area contributed by atoms with Gasteiger partial charge >= 0.3 is 0 Å². The first-order chi connectivity index (χ1) is 11.6. The Morgan fingerprint density at radius 2 is 1.29 bits per heavy atom. The van der Waals surface area contributed by atoms with E-state index in [0.29, 0.717) is 16.5 Å². The predicted octanol–water partition coefficient (Wildman–Crippen LogP) is 5.82. The van der Waals surface area contributed by atoms with Gasteiger partial charge in [0, 0.05) is 23.3 Å². The van der Waals surface area contributed by atoms with Crippen molar-refractivity contribution in [2.45, 2.75) is 6.92 Å². The van der Waals surface area contributed by atoms with Gasteiger partial charge in [0.05, 0.1) is 0 Å². The summed E-state index contributed by atoms with van der Waals surface area (Å²) in [4.78, 5) is 13.7. The van der Waals surface area contributed by atoms with Crippen LogP contribution in [0.15, 0.2) is 78.9 Å². The average molecular weight is 338 g/mol. The van der Waals surface area contributed by atoms with E-state index in [1.54, 1.807) is 24.0 Å². The lowest BCUT2D eigenvalue weighted by Crippen LogP contribution is -2.22. The molecular weight excluding hydrogens is 322 g/mol. The summed E-state index contributed by atoms with van der Waals surface area (Å²) < 4.78 is 5.77. The van der Waals surface area contributed by atoms with Crippen LogP contribution < -0.4 is 9.64 Å². The molecule has 0 fully saturated rings. The molecule has 24 heavy (non-hydrogen) atoms. The van der Waals surface area contributed by atoms with Crippen molar-refractivity contribution in [3.8, 4) is 11.5 Å². The molecule has 0 unspecified atom stereocenters. The average Bonchev–Trinajstić information content (AvgIpc) is 2.59.